The number of thiol groups is 1. The molecule has 0 fully saturated rings. The van der Waals surface area contributed by atoms with Crippen molar-refractivity contribution < 1.29 is 0 Å². The van der Waals surface area contributed by atoms with Gasteiger partial charge in [-0.1, -0.05) is 45.9 Å². The summed E-state index contributed by atoms with van der Waals surface area (Å²) in [5.41, 5.74) is 4.57. The number of benzene rings is 2. The molecule has 0 aliphatic heterocycles. The van der Waals surface area contributed by atoms with Gasteiger partial charge >= 0.3 is 0 Å². The molecule has 0 radical (unpaired) electrons. The summed E-state index contributed by atoms with van der Waals surface area (Å²) in [7, 11) is 3.84. The number of aromatic amines is 3. The van der Waals surface area contributed by atoms with E-state index in [2.05, 4.69) is 85.4 Å². The van der Waals surface area contributed by atoms with Gasteiger partial charge in [0.25, 0.3) is 0 Å². The van der Waals surface area contributed by atoms with Gasteiger partial charge in [-0.05, 0) is 24.3 Å². The lowest BCUT2D eigenvalue weighted by Crippen LogP contribution is -2.27. The van der Waals surface area contributed by atoms with Crippen molar-refractivity contribution in [2.45, 2.75) is 17.8 Å². The van der Waals surface area contributed by atoms with E-state index in [-0.39, 0.29) is 0 Å². The van der Waals surface area contributed by atoms with Gasteiger partial charge in [-0.2, -0.15) is 0 Å². The molecule has 5 aromatic heterocycles. The summed E-state index contributed by atoms with van der Waals surface area (Å²) < 4.78 is 3.62. The molecule has 0 spiro atoms. The molecule has 0 saturated carbocycles. The number of rotatable bonds is 10. The van der Waals surface area contributed by atoms with E-state index in [4.69, 9.17) is 12.6 Å². The number of para-hydroxylation sites is 4. The predicted octanol–water partition coefficient (Wildman–Crippen LogP) is 5.55. The van der Waals surface area contributed by atoms with Crippen molar-refractivity contribution in [3.8, 4) is 0 Å². The van der Waals surface area contributed by atoms with Crippen molar-refractivity contribution in [1.29, 1.82) is 0 Å². The SMILES string of the molecule is SC(c1ncc[nH]1)(c1ncc[nH]1)c1ncc[nH]1.c1ccc2c(c1)ncn2CCSSCCn1cnc2ccccc21. The summed E-state index contributed by atoms with van der Waals surface area (Å²) in [5, 5.41) is 0. The summed E-state index contributed by atoms with van der Waals surface area (Å²) in [6.07, 6.45) is 14.1. The van der Waals surface area contributed by atoms with E-state index >= 15 is 0 Å². The Morgan fingerprint density at radius 1 is 0.610 bits per heavy atom. The normalized spacial score (nSPS) is 11.6. The third kappa shape index (κ3) is 5.92. The van der Waals surface area contributed by atoms with E-state index in [1.807, 2.05) is 46.4 Å². The number of hydrogen-bond donors (Lipinski definition) is 4. The molecule has 2 aromatic carbocycles. The Bertz CT molecular complexity index is 1610. The van der Waals surface area contributed by atoms with Crippen LogP contribution in [0.25, 0.3) is 22.1 Å². The van der Waals surface area contributed by atoms with Gasteiger partial charge in [-0.25, -0.2) is 24.9 Å². The second-order valence-corrected chi connectivity index (χ2v) is 12.4. The van der Waals surface area contributed by atoms with Crippen LogP contribution in [0.4, 0.5) is 0 Å². The maximum atomic E-state index is 4.70. The fourth-order valence-corrected chi connectivity index (χ4v) is 6.79. The van der Waals surface area contributed by atoms with E-state index in [0.29, 0.717) is 17.5 Å². The lowest BCUT2D eigenvalue weighted by atomic mass is 10.1. The Morgan fingerprint density at radius 3 is 1.41 bits per heavy atom. The minimum Gasteiger partial charge on any atom is -0.347 e. The first kappa shape index (κ1) is 27.2. The minimum atomic E-state index is -0.837. The van der Waals surface area contributed by atoms with Crippen LogP contribution in [-0.2, 0) is 17.8 Å². The maximum Gasteiger partial charge on any atom is 0.186 e. The summed E-state index contributed by atoms with van der Waals surface area (Å²) >= 11 is 4.70. The molecule has 0 unspecified atom stereocenters. The van der Waals surface area contributed by atoms with Gasteiger partial charge in [0.05, 0.1) is 34.7 Å². The molecular formula is C28H28N10S3. The van der Waals surface area contributed by atoms with Gasteiger partial charge in [0.2, 0.25) is 0 Å². The molecule has 10 nitrogen and oxygen atoms in total. The van der Waals surface area contributed by atoms with Crippen molar-refractivity contribution >= 4 is 56.3 Å². The smallest absolute Gasteiger partial charge is 0.186 e. The molecule has 0 aliphatic carbocycles. The fourth-order valence-electron chi connectivity index (χ4n) is 4.49. The van der Waals surface area contributed by atoms with Crippen LogP contribution in [0, 0.1) is 0 Å². The van der Waals surface area contributed by atoms with Crippen molar-refractivity contribution in [1.82, 2.24) is 49.0 Å². The monoisotopic (exact) mass is 600 g/mol. The average Bonchev–Trinajstić information content (AvgIpc) is 3.86. The quantitative estimate of drug-likeness (QED) is 0.0923. The van der Waals surface area contributed by atoms with Gasteiger partial charge < -0.3 is 24.1 Å². The summed E-state index contributed by atoms with van der Waals surface area (Å²) in [6.45, 7) is 1.98. The minimum absolute atomic E-state index is 0.658. The molecule has 7 rings (SSSR count). The second kappa shape index (κ2) is 12.7. The van der Waals surface area contributed by atoms with Crippen LogP contribution in [0.2, 0.25) is 0 Å². The van der Waals surface area contributed by atoms with E-state index in [1.54, 1.807) is 37.2 Å². The molecule has 208 valence electrons. The molecule has 0 bridgehead atoms. The van der Waals surface area contributed by atoms with Gasteiger partial charge in [0, 0.05) is 61.8 Å². The highest BCUT2D eigenvalue weighted by molar-refractivity contribution is 8.76. The zero-order chi connectivity index (χ0) is 27.9. The zero-order valence-electron chi connectivity index (χ0n) is 22.0. The van der Waals surface area contributed by atoms with Crippen molar-refractivity contribution in [2.75, 3.05) is 11.5 Å². The van der Waals surface area contributed by atoms with Crippen LogP contribution in [0.1, 0.15) is 17.5 Å². The molecule has 0 aliphatic rings. The van der Waals surface area contributed by atoms with Crippen LogP contribution in [0.15, 0.2) is 98.4 Å². The van der Waals surface area contributed by atoms with Crippen LogP contribution in [-0.4, -0.2) is 60.5 Å². The molecule has 0 atom stereocenters. The van der Waals surface area contributed by atoms with Crippen LogP contribution in [0.5, 0.6) is 0 Å². The molecule has 41 heavy (non-hydrogen) atoms. The third-order valence-electron chi connectivity index (χ3n) is 6.49. The van der Waals surface area contributed by atoms with E-state index < -0.39 is 4.75 Å². The second-order valence-electron chi connectivity index (χ2n) is 9.02. The molecule has 7 aromatic rings. The molecule has 0 saturated heterocycles. The first-order chi connectivity index (χ1) is 20.2. The highest BCUT2D eigenvalue weighted by Crippen LogP contribution is 2.36. The van der Waals surface area contributed by atoms with Crippen molar-refractivity contribution in [3.05, 3.63) is 116 Å². The number of nitrogens with one attached hydrogen (secondary N) is 3. The van der Waals surface area contributed by atoms with E-state index in [0.717, 1.165) is 35.6 Å². The Hall–Kier alpha value is -3.94. The molecule has 0 amide bonds. The number of aromatic nitrogens is 10. The summed E-state index contributed by atoms with van der Waals surface area (Å²) in [6, 6.07) is 16.6. The van der Waals surface area contributed by atoms with Gasteiger partial charge in [0.1, 0.15) is 17.5 Å². The largest absolute Gasteiger partial charge is 0.347 e. The number of fused-ring (bicyclic) bond motifs is 2. The topological polar surface area (TPSA) is 122 Å². The fraction of sp³-hybridized carbons (Fsp3) is 0.179. The Labute approximate surface area is 249 Å². The van der Waals surface area contributed by atoms with Crippen molar-refractivity contribution in [3.63, 3.8) is 0 Å². The Morgan fingerprint density at radius 2 is 1.02 bits per heavy atom. The van der Waals surface area contributed by atoms with E-state index in [1.165, 1.54) is 11.0 Å². The Kier molecular flexibility index (Phi) is 8.44. The number of imidazole rings is 5. The average molecular weight is 601 g/mol. The number of hydrogen-bond acceptors (Lipinski definition) is 8. The number of nitrogens with zero attached hydrogens (tertiary/aromatic N) is 7. The first-order valence-corrected chi connectivity index (χ1v) is 15.9. The van der Waals surface area contributed by atoms with Gasteiger partial charge in [-0.15, -0.1) is 12.6 Å². The van der Waals surface area contributed by atoms with Crippen LogP contribution >= 0.6 is 34.2 Å². The molecule has 13 heteroatoms. The maximum absolute atomic E-state index is 4.70. The zero-order valence-corrected chi connectivity index (χ0v) is 24.5. The highest BCUT2D eigenvalue weighted by Gasteiger charge is 2.40. The lowest BCUT2D eigenvalue weighted by molar-refractivity contribution is 0.722. The summed E-state index contributed by atoms with van der Waals surface area (Å²) in [4.78, 5) is 30.8. The van der Waals surface area contributed by atoms with Crippen LogP contribution in [0.3, 0.4) is 0 Å². The molecular weight excluding hydrogens is 573 g/mol. The number of H-pyrrole nitrogens is 3. The van der Waals surface area contributed by atoms with Gasteiger partial charge in [-0.3, -0.25) is 0 Å². The van der Waals surface area contributed by atoms with E-state index in [9.17, 15) is 0 Å². The predicted molar refractivity (Wildman–Crippen MR) is 169 cm³/mol. The van der Waals surface area contributed by atoms with Crippen molar-refractivity contribution in [2.24, 2.45) is 0 Å². The standard InChI is InChI=1S/C18H18N4S2.C10H10N6S/c1-3-7-17-15(5-1)19-13-21(17)9-11-23-24-12-10-22-14-20-16-6-2-4-8-18(16)22;17-10(7-11-1-2-12-7,8-13-3-4-14-8)9-15-5-6-16-9/h1-8,13-14H,9-12H2;1-6,17H,(H,11,12)(H,13,14)(H,15,16). The van der Waals surface area contributed by atoms with Gasteiger partial charge in [0.15, 0.2) is 4.75 Å². The highest BCUT2D eigenvalue weighted by atomic mass is 33.1. The molecule has 5 heterocycles. The Balaban J connectivity index is 0.000000156. The third-order valence-corrected chi connectivity index (χ3v) is 9.49. The van der Waals surface area contributed by atoms with Crippen LogP contribution < -0.4 is 0 Å². The summed E-state index contributed by atoms with van der Waals surface area (Å²) in [5.74, 6) is 4.13. The number of aryl methyl sites for hydroxylation is 2. The first-order valence-electron chi connectivity index (χ1n) is 13.0. The lowest BCUT2D eigenvalue weighted by Gasteiger charge is -2.21. The molecule has 3 N–H and O–H groups in total.